The van der Waals surface area contributed by atoms with E-state index >= 15 is 0 Å². The molecule has 1 aromatic rings. The first-order valence-electron chi connectivity index (χ1n) is 6.68. The standard InChI is InChI=1S/C12H19N2O5P/c1-3-8(2)19-20(17,18)7-6-14-5-4-13-9-10(14)12(16)11(9)15/h8,13H,3-7H2,1-2H3,(H,17,18). The molecule has 1 aliphatic heterocycles. The highest BCUT2D eigenvalue weighted by atomic mass is 31.2. The van der Waals surface area contributed by atoms with Crippen molar-refractivity contribution >= 4 is 19.0 Å². The van der Waals surface area contributed by atoms with E-state index in [0.717, 1.165) is 0 Å². The van der Waals surface area contributed by atoms with Gasteiger partial charge in [-0.15, -0.1) is 0 Å². The highest BCUT2D eigenvalue weighted by Crippen LogP contribution is 2.43. The molecule has 2 atom stereocenters. The monoisotopic (exact) mass is 302 g/mol. The summed E-state index contributed by atoms with van der Waals surface area (Å²) in [6.07, 6.45) is 0.311. The second-order valence-corrected chi connectivity index (χ2v) is 6.91. The summed E-state index contributed by atoms with van der Waals surface area (Å²) in [5.41, 5.74) is -0.364. The van der Waals surface area contributed by atoms with Crippen molar-refractivity contribution in [2.24, 2.45) is 0 Å². The number of rotatable bonds is 6. The highest BCUT2D eigenvalue weighted by Gasteiger charge is 2.31. The molecule has 0 fully saturated rings. The molecule has 0 saturated heterocycles. The van der Waals surface area contributed by atoms with Gasteiger partial charge in [0.1, 0.15) is 11.4 Å². The molecule has 1 heterocycles. The molecular weight excluding hydrogens is 283 g/mol. The minimum absolute atomic E-state index is 0.0599. The first-order chi connectivity index (χ1) is 9.35. The van der Waals surface area contributed by atoms with Crippen molar-refractivity contribution in [3.63, 3.8) is 0 Å². The van der Waals surface area contributed by atoms with Gasteiger partial charge in [0.2, 0.25) is 0 Å². The Morgan fingerprint density at radius 3 is 2.80 bits per heavy atom. The maximum atomic E-state index is 11.9. The van der Waals surface area contributed by atoms with Gasteiger partial charge in [-0.05, 0) is 13.3 Å². The molecule has 1 aromatic carbocycles. The summed E-state index contributed by atoms with van der Waals surface area (Å²) < 4.78 is 17.0. The van der Waals surface area contributed by atoms with Gasteiger partial charge in [-0.3, -0.25) is 14.2 Å². The van der Waals surface area contributed by atoms with Crippen molar-refractivity contribution in [2.75, 3.05) is 36.0 Å². The van der Waals surface area contributed by atoms with Crippen molar-refractivity contribution in [1.29, 1.82) is 0 Å². The second kappa shape index (κ2) is 5.68. The summed E-state index contributed by atoms with van der Waals surface area (Å²) in [5.74, 6) is 0. The average Bonchev–Trinajstić information content (AvgIpc) is 2.43. The first kappa shape index (κ1) is 15.2. The lowest BCUT2D eigenvalue weighted by Gasteiger charge is -2.32. The molecule has 2 N–H and O–H groups in total. The van der Waals surface area contributed by atoms with E-state index in [0.29, 0.717) is 30.9 Å². The number of hydrogen-bond acceptors (Lipinski definition) is 6. The van der Waals surface area contributed by atoms with E-state index < -0.39 is 18.5 Å². The molecule has 8 heteroatoms. The van der Waals surface area contributed by atoms with Gasteiger partial charge < -0.3 is 19.6 Å². The van der Waals surface area contributed by atoms with Gasteiger partial charge in [-0.1, -0.05) is 6.92 Å². The fourth-order valence-electron chi connectivity index (χ4n) is 2.15. The molecule has 0 saturated carbocycles. The van der Waals surface area contributed by atoms with Crippen molar-refractivity contribution < 1.29 is 14.0 Å². The van der Waals surface area contributed by atoms with Crippen molar-refractivity contribution in [2.45, 2.75) is 26.4 Å². The Kier molecular flexibility index (Phi) is 4.32. The molecule has 7 nitrogen and oxygen atoms in total. The van der Waals surface area contributed by atoms with Gasteiger partial charge in [0, 0.05) is 19.6 Å². The summed E-state index contributed by atoms with van der Waals surface area (Å²) in [4.78, 5) is 34.2. The van der Waals surface area contributed by atoms with E-state index in [1.54, 1.807) is 11.8 Å². The fourth-order valence-corrected chi connectivity index (χ4v) is 3.46. The topological polar surface area (TPSA) is 95.9 Å². The molecule has 0 spiro atoms. The van der Waals surface area contributed by atoms with E-state index in [9.17, 15) is 19.0 Å². The molecule has 0 aromatic heterocycles. The second-order valence-electron chi connectivity index (χ2n) is 4.98. The lowest BCUT2D eigenvalue weighted by molar-refractivity contribution is 0.186. The third-order valence-corrected chi connectivity index (χ3v) is 4.91. The number of nitrogens with zero attached hydrogens (tertiary/aromatic N) is 1. The van der Waals surface area contributed by atoms with Crippen LogP contribution in [0.3, 0.4) is 0 Å². The summed E-state index contributed by atoms with van der Waals surface area (Å²) in [6.45, 7) is 4.91. The number of hydrogen-bond donors (Lipinski definition) is 2. The maximum absolute atomic E-state index is 11.9. The van der Waals surface area contributed by atoms with Crippen LogP contribution in [0.15, 0.2) is 9.59 Å². The van der Waals surface area contributed by atoms with Gasteiger partial charge in [-0.2, -0.15) is 0 Å². The molecule has 0 amide bonds. The molecular formula is C12H19N2O5P. The maximum Gasteiger partial charge on any atom is 0.330 e. The Morgan fingerprint density at radius 1 is 1.45 bits per heavy atom. The van der Waals surface area contributed by atoms with E-state index in [4.69, 9.17) is 4.52 Å². The van der Waals surface area contributed by atoms with E-state index in [-0.39, 0.29) is 18.8 Å². The summed E-state index contributed by atoms with van der Waals surface area (Å²) in [5, 5.41) is 2.87. The number of nitrogens with one attached hydrogen (secondary N) is 1. The summed E-state index contributed by atoms with van der Waals surface area (Å²) in [7, 11) is -3.67. The molecule has 2 unspecified atom stereocenters. The Bertz CT molecular complexity index is 607. The fraction of sp³-hybridized carbons (Fsp3) is 0.667. The zero-order chi connectivity index (χ0) is 14.9. The zero-order valence-electron chi connectivity index (χ0n) is 11.6. The van der Waals surface area contributed by atoms with Crippen LogP contribution in [0.1, 0.15) is 20.3 Å². The van der Waals surface area contributed by atoms with Crippen LogP contribution in [0.25, 0.3) is 0 Å². The van der Waals surface area contributed by atoms with Crippen molar-refractivity contribution in [3.05, 3.63) is 20.4 Å². The summed E-state index contributed by atoms with van der Waals surface area (Å²) in [6, 6.07) is 0. The van der Waals surface area contributed by atoms with Gasteiger partial charge in [0.25, 0.3) is 10.9 Å². The SMILES string of the molecule is CCC(C)OP(=O)(O)CCN1CCNc2c1c(=O)c2=O. The number of fused-ring (bicyclic) bond motifs is 1. The Balaban J connectivity index is 1.99. The smallest absolute Gasteiger partial charge is 0.330 e. The minimum Gasteiger partial charge on any atom is -0.378 e. The van der Waals surface area contributed by atoms with Crippen LogP contribution in [0.5, 0.6) is 0 Å². The largest absolute Gasteiger partial charge is 0.378 e. The van der Waals surface area contributed by atoms with Crippen LogP contribution in [0.4, 0.5) is 11.4 Å². The summed E-state index contributed by atoms with van der Waals surface area (Å²) >= 11 is 0. The van der Waals surface area contributed by atoms with E-state index in [1.165, 1.54) is 0 Å². The normalized spacial score (nSPS) is 19.2. The average molecular weight is 302 g/mol. The van der Waals surface area contributed by atoms with Crippen LogP contribution in [-0.2, 0) is 9.09 Å². The third kappa shape index (κ3) is 2.95. The lowest BCUT2D eigenvalue weighted by atomic mass is 10.1. The Morgan fingerprint density at radius 2 is 2.15 bits per heavy atom. The van der Waals surface area contributed by atoms with Crippen LogP contribution >= 0.6 is 7.60 Å². The predicted molar refractivity (Wildman–Crippen MR) is 77.6 cm³/mol. The van der Waals surface area contributed by atoms with Gasteiger partial charge in [0.05, 0.1) is 12.3 Å². The highest BCUT2D eigenvalue weighted by molar-refractivity contribution is 7.52. The van der Waals surface area contributed by atoms with Gasteiger partial charge in [0.15, 0.2) is 0 Å². The predicted octanol–water partition coefficient (Wildman–Crippen LogP) is 0.515. The van der Waals surface area contributed by atoms with E-state index in [1.807, 2.05) is 6.92 Å². The molecule has 1 aliphatic rings. The van der Waals surface area contributed by atoms with Crippen molar-refractivity contribution in [3.8, 4) is 0 Å². The van der Waals surface area contributed by atoms with Gasteiger partial charge >= 0.3 is 7.60 Å². The van der Waals surface area contributed by atoms with Crippen molar-refractivity contribution in [1.82, 2.24) is 0 Å². The van der Waals surface area contributed by atoms with Crippen LogP contribution in [-0.4, -0.2) is 36.8 Å². The zero-order valence-corrected chi connectivity index (χ0v) is 12.5. The minimum atomic E-state index is -3.67. The van der Waals surface area contributed by atoms with Crippen LogP contribution < -0.4 is 21.1 Å². The quantitative estimate of drug-likeness (QED) is 0.584. The Hall–Kier alpha value is -1.17. The van der Waals surface area contributed by atoms with E-state index in [2.05, 4.69) is 5.32 Å². The molecule has 112 valence electrons. The number of anilines is 2. The molecule has 0 aliphatic carbocycles. The molecule has 0 radical (unpaired) electrons. The first-order valence-corrected chi connectivity index (χ1v) is 8.44. The molecule has 2 rings (SSSR count). The lowest BCUT2D eigenvalue weighted by Crippen LogP contribution is -2.49. The molecule has 20 heavy (non-hydrogen) atoms. The van der Waals surface area contributed by atoms with Crippen LogP contribution in [0, 0.1) is 0 Å². The molecule has 0 bridgehead atoms. The third-order valence-electron chi connectivity index (χ3n) is 3.46. The Labute approximate surface area is 116 Å². The van der Waals surface area contributed by atoms with Gasteiger partial charge in [-0.25, -0.2) is 0 Å². The van der Waals surface area contributed by atoms with Crippen LogP contribution in [0.2, 0.25) is 0 Å².